The number of hydrogen-bond acceptors (Lipinski definition) is 5. The summed E-state index contributed by atoms with van der Waals surface area (Å²) in [7, 11) is 0. The lowest BCUT2D eigenvalue weighted by Gasteiger charge is -2.24. The molecule has 0 aromatic heterocycles. The molecule has 1 heterocycles. The van der Waals surface area contributed by atoms with Gasteiger partial charge in [0, 0.05) is 12.6 Å². The third-order valence-corrected chi connectivity index (χ3v) is 2.17. The minimum absolute atomic E-state index is 0.375. The van der Waals surface area contributed by atoms with Gasteiger partial charge in [-0.2, -0.15) is 0 Å². The molecular weight excluding hydrogens is 198 g/mol. The zero-order chi connectivity index (χ0) is 11.6. The van der Waals surface area contributed by atoms with Crippen LogP contribution in [-0.4, -0.2) is 46.6 Å². The molecule has 0 saturated carbocycles. The minimum Gasteiger partial charge on any atom is -0.458 e. The van der Waals surface area contributed by atoms with Crippen molar-refractivity contribution in [2.24, 2.45) is 0 Å². The van der Waals surface area contributed by atoms with E-state index >= 15 is 0 Å². The Morgan fingerprint density at radius 2 is 2.13 bits per heavy atom. The Labute approximate surface area is 89.4 Å². The van der Waals surface area contributed by atoms with Crippen LogP contribution in [0.3, 0.4) is 0 Å². The summed E-state index contributed by atoms with van der Waals surface area (Å²) in [6.07, 6.45) is -1.33. The number of ether oxygens (including phenoxy) is 1. The fourth-order valence-electron chi connectivity index (χ4n) is 1.51. The smallest absolute Gasteiger partial charge is 0.337 e. The average molecular weight is 217 g/mol. The van der Waals surface area contributed by atoms with Crippen molar-refractivity contribution in [2.75, 3.05) is 6.54 Å². The Kier molecular flexibility index (Phi) is 3.70. The van der Waals surface area contributed by atoms with Crippen LogP contribution in [0.2, 0.25) is 0 Å². The molecule has 1 aliphatic heterocycles. The van der Waals surface area contributed by atoms with Crippen molar-refractivity contribution in [1.82, 2.24) is 5.32 Å². The van der Waals surface area contributed by atoms with E-state index in [1.54, 1.807) is 20.8 Å². The van der Waals surface area contributed by atoms with Crippen molar-refractivity contribution < 1.29 is 19.7 Å². The van der Waals surface area contributed by atoms with Gasteiger partial charge in [0.2, 0.25) is 0 Å². The van der Waals surface area contributed by atoms with Crippen molar-refractivity contribution in [3.05, 3.63) is 0 Å². The van der Waals surface area contributed by atoms with Crippen molar-refractivity contribution in [2.45, 2.75) is 51.0 Å². The molecule has 0 spiro atoms. The molecule has 5 heteroatoms. The number of hydrogen-bond donors (Lipinski definition) is 3. The fraction of sp³-hybridized carbons (Fsp3) is 0.900. The normalized spacial score (nSPS) is 28.9. The van der Waals surface area contributed by atoms with Gasteiger partial charge in [-0.25, -0.2) is 4.79 Å². The zero-order valence-corrected chi connectivity index (χ0v) is 9.36. The summed E-state index contributed by atoms with van der Waals surface area (Å²) >= 11 is 0. The fourth-order valence-corrected chi connectivity index (χ4v) is 1.51. The SMILES string of the molecule is CC(C)(C)OC(=O)[C@H](O)[C@@H]1C[C@@H](O)CN1. The summed E-state index contributed by atoms with van der Waals surface area (Å²) in [6.45, 7) is 5.64. The van der Waals surface area contributed by atoms with Crippen molar-refractivity contribution >= 4 is 5.97 Å². The van der Waals surface area contributed by atoms with E-state index in [4.69, 9.17) is 4.74 Å². The number of β-amino-alcohol motifs (C(OH)–C–C–N with tert-alkyl or cyclic N) is 1. The Balaban J connectivity index is 2.46. The number of carbonyl (C=O) groups excluding carboxylic acids is 1. The van der Waals surface area contributed by atoms with E-state index in [1.165, 1.54) is 0 Å². The van der Waals surface area contributed by atoms with Gasteiger partial charge in [0.05, 0.1) is 6.10 Å². The molecule has 0 radical (unpaired) electrons. The lowest BCUT2D eigenvalue weighted by Crippen LogP contribution is -2.43. The summed E-state index contributed by atoms with van der Waals surface area (Å²) in [5.74, 6) is -0.644. The lowest BCUT2D eigenvalue weighted by atomic mass is 10.1. The predicted molar refractivity (Wildman–Crippen MR) is 54.3 cm³/mol. The second kappa shape index (κ2) is 4.47. The monoisotopic (exact) mass is 217 g/mol. The van der Waals surface area contributed by atoms with Crippen molar-refractivity contribution in [3.63, 3.8) is 0 Å². The number of aliphatic hydroxyl groups excluding tert-OH is 2. The van der Waals surface area contributed by atoms with Gasteiger partial charge in [0.15, 0.2) is 6.10 Å². The Hall–Kier alpha value is -0.650. The highest BCUT2D eigenvalue weighted by Crippen LogP contribution is 2.14. The number of carbonyl (C=O) groups is 1. The van der Waals surface area contributed by atoms with Crippen LogP contribution >= 0.6 is 0 Å². The third-order valence-electron chi connectivity index (χ3n) is 2.17. The number of esters is 1. The number of nitrogens with one attached hydrogen (secondary N) is 1. The maximum absolute atomic E-state index is 11.5. The molecule has 0 aliphatic carbocycles. The summed E-state index contributed by atoms with van der Waals surface area (Å²) in [5.41, 5.74) is -0.602. The first-order chi connectivity index (χ1) is 6.79. The van der Waals surface area contributed by atoms with Crippen LogP contribution < -0.4 is 5.32 Å². The van der Waals surface area contributed by atoms with E-state index in [-0.39, 0.29) is 0 Å². The van der Waals surface area contributed by atoms with Crippen molar-refractivity contribution in [1.29, 1.82) is 0 Å². The highest BCUT2D eigenvalue weighted by atomic mass is 16.6. The summed E-state index contributed by atoms with van der Waals surface area (Å²) in [6, 6.07) is -0.408. The standard InChI is InChI=1S/C10H19NO4/c1-10(2,3)15-9(14)8(13)7-4-6(12)5-11-7/h6-8,11-13H,4-5H2,1-3H3/t6-,7+,8-/m1/s1. The summed E-state index contributed by atoms with van der Waals surface area (Å²) in [5, 5.41) is 21.8. The molecule has 0 bridgehead atoms. The van der Waals surface area contributed by atoms with E-state index in [0.29, 0.717) is 13.0 Å². The second-order valence-corrected chi connectivity index (χ2v) is 4.88. The first kappa shape index (κ1) is 12.4. The first-order valence-electron chi connectivity index (χ1n) is 5.12. The van der Waals surface area contributed by atoms with E-state index in [9.17, 15) is 15.0 Å². The highest BCUT2D eigenvalue weighted by Gasteiger charge is 2.34. The van der Waals surface area contributed by atoms with Crippen LogP contribution in [0.25, 0.3) is 0 Å². The van der Waals surface area contributed by atoms with Gasteiger partial charge in [0.25, 0.3) is 0 Å². The van der Waals surface area contributed by atoms with Crippen molar-refractivity contribution in [3.8, 4) is 0 Å². The highest BCUT2D eigenvalue weighted by molar-refractivity contribution is 5.75. The Morgan fingerprint density at radius 3 is 2.53 bits per heavy atom. The summed E-state index contributed by atoms with van der Waals surface area (Å²) in [4.78, 5) is 11.5. The molecule has 0 amide bonds. The largest absolute Gasteiger partial charge is 0.458 e. The topological polar surface area (TPSA) is 78.8 Å². The van der Waals surface area contributed by atoms with E-state index in [0.717, 1.165) is 0 Å². The molecule has 0 aromatic rings. The van der Waals surface area contributed by atoms with Gasteiger partial charge in [-0.3, -0.25) is 0 Å². The van der Waals surface area contributed by atoms with E-state index in [2.05, 4.69) is 5.32 Å². The molecule has 0 aromatic carbocycles. The molecule has 1 fully saturated rings. The van der Waals surface area contributed by atoms with Gasteiger partial charge in [-0.15, -0.1) is 0 Å². The van der Waals surface area contributed by atoms with Crippen LogP contribution in [-0.2, 0) is 9.53 Å². The molecule has 88 valence electrons. The first-order valence-corrected chi connectivity index (χ1v) is 5.12. The predicted octanol–water partition coefficient (Wildman–Crippen LogP) is -0.588. The van der Waals surface area contributed by atoms with Gasteiger partial charge in [-0.1, -0.05) is 0 Å². The quantitative estimate of drug-likeness (QED) is 0.539. The lowest BCUT2D eigenvalue weighted by molar-refractivity contribution is -0.166. The van der Waals surface area contributed by atoms with Crippen LogP contribution in [0.15, 0.2) is 0 Å². The molecule has 3 atom stereocenters. The van der Waals surface area contributed by atoms with Crippen LogP contribution in [0.1, 0.15) is 27.2 Å². The zero-order valence-electron chi connectivity index (χ0n) is 9.36. The molecule has 1 rings (SSSR count). The molecule has 1 aliphatic rings. The molecule has 0 unspecified atom stereocenters. The molecule has 1 saturated heterocycles. The Morgan fingerprint density at radius 1 is 1.53 bits per heavy atom. The molecule has 15 heavy (non-hydrogen) atoms. The average Bonchev–Trinajstić information content (AvgIpc) is 2.47. The molecule has 3 N–H and O–H groups in total. The minimum atomic E-state index is -1.21. The third kappa shape index (κ3) is 3.77. The van der Waals surface area contributed by atoms with Gasteiger partial charge >= 0.3 is 5.97 Å². The van der Waals surface area contributed by atoms with Gasteiger partial charge in [-0.05, 0) is 27.2 Å². The maximum atomic E-state index is 11.5. The van der Waals surface area contributed by atoms with Gasteiger partial charge in [0.1, 0.15) is 5.60 Å². The van der Waals surface area contributed by atoms with Crippen LogP contribution in [0.4, 0.5) is 0 Å². The van der Waals surface area contributed by atoms with Gasteiger partial charge < -0.3 is 20.3 Å². The van der Waals surface area contributed by atoms with E-state index < -0.39 is 29.8 Å². The number of rotatable bonds is 2. The second-order valence-electron chi connectivity index (χ2n) is 4.88. The summed E-state index contributed by atoms with van der Waals surface area (Å²) < 4.78 is 5.04. The Bertz CT molecular complexity index is 236. The molecule has 5 nitrogen and oxygen atoms in total. The molecular formula is C10H19NO4. The van der Waals surface area contributed by atoms with E-state index in [1.807, 2.05) is 0 Å². The van der Waals surface area contributed by atoms with Crippen LogP contribution in [0, 0.1) is 0 Å². The maximum Gasteiger partial charge on any atom is 0.337 e. The van der Waals surface area contributed by atoms with Crippen LogP contribution in [0.5, 0.6) is 0 Å². The number of aliphatic hydroxyl groups is 2.